The van der Waals surface area contributed by atoms with Crippen LogP contribution in [0, 0.1) is 37.8 Å². The third-order valence-corrected chi connectivity index (χ3v) is 6.73. The molecule has 3 aromatic heterocycles. The molecule has 7 nitrogen and oxygen atoms in total. The Morgan fingerprint density at radius 2 is 1.78 bits per heavy atom. The summed E-state index contributed by atoms with van der Waals surface area (Å²) in [6.45, 7) is 7.64. The van der Waals surface area contributed by atoms with Crippen molar-refractivity contribution in [2.24, 2.45) is 0 Å². The van der Waals surface area contributed by atoms with E-state index in [2.05, 4.69) is 4.98 Å². The Morgan fingerprint density at radius 3 is 2.53 bits per heavy atom. The predicted octanol–water partition coefficient (Wildman–Crippen LogP) is 4.86. The van der Waals surface area contributed by atoms with E-state index >= 15 is 0 Å². The van der Waals surface area contributed by atoms with Gasteiger partial charge in [0.05, 0.1) is 16.0 Å². The number of benzene rings is 2. The summed E-state index contributed by atoms with van der Waals surface area (Å²) in [6, 6.07) is 10.8. The van der Waals surface area contributed by atoms with Crippen LogP contribution in [0.5, 0.6) is 0 Å². The minimum Gasteiger partial charge on any atom is -0.457 e. The second kappa shape index (κ2) is 7.13. The number of hydrogen-bond donors (Lipinski definition) is 0. The highest BCUT2D eigenvalue weighted by Gasteiger charge is 2.17. The summed E-state index contributed by atoms with van der Waals surface area (Å²) in [6.07, 6.45) is 1.69. The van der Waals surface area contributed by atoms with Gasteiger partial charge in [-0.05, 0) is 74.7 Å². The smallest absolute Gasteiger partial charge is 0.275 e. The first kappa shape index (κ1) is 20.1. The minimum atomic E-state index is -0.396. The van der Waals surface area contributed by atoms with E-state index in [9.17, 15) is 14.9 Å². The van der Waals surface area contributed by atoms with E-state index in [1.807, 2.05) is 32.9 Å². The van der Waals surface area contributed by atoms with Gasteiger partial charge in [0.1, 0.15) is 16.1 Å². The standard InChI is InChI=1S/C24H19N3O4S/c1-12-8-18-20(9-13(12)2)26-23(28)22(32-24(26)25-18)10-16-5-6-21(31-16)17-11-19(27(29)30)15(4)7-14(17)3/h5-11H,1-4H3/b22-10-. The summed E-state index contributed by atoms with van der Waals surface area (Å²) in [5.41, 5.74) is 5.89. The third-order valence-electron chi connectivity index (χ3n) is 5.76. The van der Waals surface area contributed by atoms with E-state index < -0.39 is 4.92 Å². The van der Waals surface area contributed by atoms with Crippen molar-refractivity contribution in [3.05, 3.63) is 89.4 Å². The van der Waals surface area contributed by atoms with Crippen LogP contribution in [0.25, 0.3) is 33.4 Å². The maximum Gasteiger partial charge on any atom is 0.275 e. The SMILES string of the molecule is Cc1cc2nc3s/c(=C\c4ccc(-c5cc([N+](=O)[O-])c(C)cc5C)o4)c(=O)n3c2cc1C. The first-order chi connectivity index (χ1) is 15.2. The van der Waals surface area contributed by atoms with Crippen LogP contribution in [0.2, 0.25) is 0 Å². The number of furan rings is 1. The molecule has 0 spiro atoms. The predicted molar refractivity (Wildman–Crippen MR) is 125 cm³/mol. The maximum atomic E-state index is 13.1. The van der Waals surface area contributed by atoms with Gasteiger partial charge in [-0.15, -0.1) is 0 Å². The quantitative estimate of drug-likeness (QED) is 0.292. The van der Waals surface area contributed by atoms with Gasteiger partial charge in [0.25, 0.3) is 11.2 Å². The highest BCUT2D eigenvalue weighted by molar-refractivity contribution is 7.15. The second-order valence-electron chi connectivity index (χ2n) is 7.98. The Morgan fingerprint density at radius 1 is 1.03 bits per heavy atom. The van der Waals surface area contributed by atoms with Crippen LogP contribution in [0.15, 0.2) is 45.6 Å². The molecular formula is C24H19N3O4S. The monoisotopic (exact) mass is 445 g/mol. The van der Waals surface area contributed by atoms with Crippen LogP contribution in [0.3, 0.4) is 0 Å². The molecule has 0 atom stereocenters. The molecule has 2 aromatic carbocycles. The van der Waals surface area contributed by atoms with Gasteiger partial charge < -0.3 is 4.42 Å². The summed E-state index contributed by atoms with van der Waals surface area (Å²) in [7, 11) is 0. The highest BCUT2D eigenvalue weighted by atomic mass is 32.1. The Kier molecular flexibility index (Phi) is 4.49. The van der Waals surface area contributed by atoms with Crippen LogP contribution < -0.4 is 10.1 Å². The summed E-state index contributed by atoms with van der Waals surface area (Å²) >= 11 is 1.31. The number of aromatic nitrogens is 2. The second-order valence-corrected chi connectivity index (χ2v) is 8.99. The number of thiazole rings is 1. The molecule has 0 fully saturated rings. The largest absolute Gasteiger partial charge is 0.457 e. The van der Waals surface area contributed by atoms with Crippen molar-refractivity contribution in [2.75, 3.05) is 0 Å². The lowest BCUT2D eigenvalue weighted by molar-refractivity contribution is -0.385. The average molecular weight is 446 g/mol. The Balaban J connectivity index is 1.61. The summed E-state index contributed by atoms with van der Waals surface area (Å²) in [4.78, 5) is 29.2. The van der Waals surface area contributed by atoms with Crippen molar-refractivity contribution < 1.29 is 9.34 Å². The van der Waals surface area contributed by atoms with E-state index in [1.54, 1.807) is 35.6 Å². The molecule has 0 amide bonds. The molecular weight excluding hydrogens is 426 g/mol. The van der Waals surface area contributed by atoms with Gasteiger partial charge in [-0.2, -0.15) is 0 Å². The zero-order valence-corrected chi connectivity index (χ0v) is 18.7. The molecule has 0 N–H and O–H groups in total. The number of fused-ring (bicyclic) bond motifs is 3. The molecule has 0 saturated heterocycles. The third kappa shape index (κ3) is 3.11. The zero-order chi connectivity index (χ0) is 22.7. The van der Waals surface area contributed by atoms with Gasteiger partial charge in [-0.1, -0.05) is 11.3 Å². The van der Waals surface area contributed by atoms with Crippen LogP contribution in [0.4, 0.5) is 5.69 Å². The van der Waals surface area contributed by atoms with E-state index in [1.165, 1.54) is 17.4 Å². The van der Waals surface area contributed by atoms with Gasteiger partial charge in [-0.3, -0.25) is 14.9 Å². The molecule has 32 heavy (non-hydrogen) atoms. The lowest BCUT2D eigenvalue weighted by atomic mass is 10.0. The Hall–Kier alpha value is -3.78. The van der Waals surface area contributed by atoms with Gasteiger partial charge >= 0.3 is 0 Å². The zero-order valence-electron chi connectivity index (χ0n) is 17.9. The number of nitro groups is 1. The number of imidazole rings is 1. The molecule has 5 aromatic rings. The van der Waals surface area contributed by atoms with Crippen LogP contribution in [0.1, 0.15) is 28.0 Å². The van der Waals surface area contributed by atoms with Gasteiger partial charge in [0, 0.05) is 23.3 Å². The lowest BCUT2D eigenvalue weighted by Gasteiger charge is -2.05. The Labute approximate surface area is 186 Å². The summed E-state index contributed by atoms with van der Waals surface area (Å²) < 4.78 is 8.09. The van der Waals surface area contributed by atoms with Crippen LogP contribution >= 0.6 is 11.3 Å². The molecule has 3 heterocycles. The normalized spacial score (nSPS) is 12.3. The number of rotatable bonds is 3. The molecule has 0 radical (unpaired) electrons. The van der Waals surface area contributed by atoms with Crippen molar-refractivity contribution in [1.82, 2.24) is 9.38 Å². The fourth-order valence-corrected chi connectivity index (χ4v) is 4.89. The van der Waals surface area contributed by atoms with Gasteiger partial charge in [0.2, 0.25) is 0 Å². The van der Waals surface area contributed by atoms with Crippen molar-refractivity contribution in [3.63, 3.8) is 0 Å². The van der Waals surface area contributed by atoms with Crippen LogP contribution in [-0.4, -0.2) is 14.3 Å². The van der Waals surface area contributed by atoms with Crippen molar-refractivity contribution in [3.8, 4) is 11.3 Å². The molecule has 0 bridgehead atoms. The molecule has 0 aliphatic rings. The van der Waals surface area contributed by atoms with E-state index in [0.717, 1.165) is 27.7 Å². The van der Waals surface area contributed by atoms with Crippen molar-refractivity contribution in [2.45, 2.75) is 27.7 Å². The number of hydrogen-bond acceptors (Lipinski definition) is 6. The number of nitro benzene ring substituents is 1. The molecule has 5 rings (SSSR count). The molecule has 0 aliphatic carbocycles. The average Bonchev–Trinajstić information content (AvgIpc) is 3.39. The van der Waals surface area contributed by atoms with E-state index in [0.29, 0.717) is 32.1 Å². The van der Waals surface area contributed by atoms with Crippen molar-refractivity contribution >= 4 is 39.1 Å². The number of aryl methyl sites for hydroxylation is 4. The van der Waals surface area contributed by atoms with Gasteiger partial charge in [0.15, 0.2) is 4.96 Å². The fraction of sp³-hybridized carbons (Fsp3) is 0.167. The topological polar surface area (TPSA) is 90.7 Å². The van der Waals surface area contributed by atoms with Crippen molar-refractivity contribution in [1.29, 1.82) is 0 Å². The Bertz CT molecular complexity index is 1670. The molecule has 0 unspecified atom stereocenters. The van der Waals surface area contributed by atoms with E-state index in [-0.39, 0.29) is 11.2 Å². The van der Waals surface area contributed by atoms with E-state index in [4.69, 9.17) is 4.42 Å². The fourth-order valence-electron chi connectivity index (χ4n) is 3.93. The molecule has 160 valence electrons. The first-order valence-corrected chi connectivity index (χ1v) is 10.8. The summed E-state index contributed by atoms with van der Waals surface area (Å²) in [5.74, 6) is 1.02. The van der Waals surface area contributed by atoms with Crippen LogP contribution in [-0.2, 0) is 0 Å². The molecule has 8 heteroatoms. The highest BCUT2D eigenvalue weighted by Crippen LogP contribution is 2.31. The lowest BCUT2D eigenvalue weighted by Crippen LogP contribution is -2.22. The molecule has 0 saturated carbocycles. The molecule has 0 aliphatic heterocycles. The minimum absolute atomic E-state index is 0.0475. The summed E-state index contributed by atoms with van der Waals surface area (Å²) in [5, 5.41) is 11.3. The van der Waals surface area contributed by atoms with Gasteiger partial charge in [-0.25, -0.2) is 9.38 Å². The first-order valence-electron chi connectivity index (χ1n) is 10.0. The maximum absolute atomic E-state index is 13.1. The number of nitrogens with zero attached hydrogens (tertiary/aromatic N) is 3.